The molecular formula is C11H21NO2. The van der Waals surface area contributed by atoms with Crippen LogP contribution in [0, 0.1) is 11.3 Å². The molecule has 0 aromatic carbocycles. The van der Waals surface area contributed by atoms with E-state index in [1.54, 1.807) is 0 Å². The zero-order chi connectivity index (χ0) is 10.0. The highest BCUT2D eigenvalue weighted by molar-refractivity contribution is 4.89. The molecule has 3 nitrogen and oxygen atoms in total. The molecule has 0 spiro atoms. The maximum atomic E-state index is 9.33. The lowest BCUT2D eigenvalue weighted by Crippen LogP contribution is -2.54. The summed E-state index contributed by atoms with van der Waals surface area (Å²) in [5, 5.41) is 9.33. The standard InChI is InChI=1S/C11H21NO2/c1-10-3-2-4-12(5-10)6-11(7-13)8-14-9-11/h10,13H,2-9H2,1H3. The first-order valence-corrected chi connectivity index (χ1v) is 5.65. The third kappa shape index (κ3) is 2.10. The van der Waals surface area contributed by atoms with E-state index in [0.29, 0.717) is 0 Å². The fraction of sp³-hybridized carbons (Fsp3) is 1.00. The van der Waals surface area contributed by atoms with Crippen LogP contribution in [-0.2, 0) is 4.74 Å². The van der Waals surface area contributed by atoms with E-state index in [-0.39, 0.29) is 12.0 Å². The molecule has 1 N–H and O–H groups in total. The summed E-state index contributed by atoms with van der Waals surface area (Å²) in [7, 11) is 0. The van der Waals surface area contributed by atoms with E-state index in [2.05, 4.69) is 11.8 Å². The lowest BCUT2D eigenvalue weighted by molar-refractivity contribution is -0.150. The molecule has 2 heterocycles. The van der Waals surface area contributed by atoms with Gasteiger partial charge in [-0.3, -0.25) is 0 Å². The molecule has 0 radical (unpaired) electrons. The quantitative estimate of drug-likeness (QED) is 0.727. The number of aliphatic hydroxyl groups is 1. The topological polar surface area (TPSA) is 32.7 Å². The normalized spacial score (nSPS) is 32.6. The van der Waals surface area contributed by atoms with Gasteiger partial charge >= 0.3 is 0 Å². The van der Waals surface area contributed by atoms with Crippen LogP contribution in [0.4, 0.5) is 0 Å². The minimum absolute atomic E-state index is 0.0665. The van der Waals surface area contributed by atoms with Gasteiger partial charge in [-0.05, 0) is 25.3 Å². The average Bonchev–Trinajstić information content (AvgIpc) is 2.11. The Balaban J connectivity index is 1.83. The number of piperidine rings is 1. The van der Waals surface area contributed by atoms with Gasteiger partial charge in [0.25, 0.3) is 0 Å². The van der Waals surface area contributed by atoms with Crippen molar-refractivity contribution in [3.63, 3.8) is 0 Å². The van der Waals surface area contributed by atoms with Crippen LogP contribution in [0.5, 0.6) is 0 Å². The summed E-state index contributed by atoms with van der Waals surface area (Å²) in [5.74, 6) is 0.820. The molecular weight excluding hydrogens is 178 g/mol. The molecule has 2 rings (SSSR count). The average molecular weight is 199 g/mol. The molecule has 0 aliphatic carbocycles. The highest BCUT2D eigenvalue weighted by Gasteiger charge is 2.40. The molecule has 2 saturated heterocycles. The molecule has 0 amide bonds. The van der Waals surface area contributed by atoms with E-state index in [0.717, 1.165) is 25.7 Å². The van der Waals surface area contributed by atoms with Crippen molar-refractivity contribution >= 4 is 0 Å². The Labute approximate surface area is 86.0 Å². The van der Waals surface area contributed by atoms with Crippen molar-refractivity contribution in [3.05, 3.63) is 0 Å². The molecule has 1 unspecified atom stereocenters. The van der Waals surface area contributed by atoms with E-state index < -0.39 is 0 Å². The van der Waals surface area contributed by atoms with Crippen LogP contribution in [0.15, 0.2) is 0 Å². The lowest BCUT2D eigenvalue weighted by Gasteiger charge is -2.45. The predicted molar refractivity (Wildman–Crippen MR) is 55.2 cm³/mol. The first kappa shape index (κ1) is 10.4. The molecule has 14 heavy (non-hydrogen) atoms. The molecule has 2 fully saturated rings. The van der Waals surface area contributed by atoms with E-state index >= 15 is 0 Å². The van der Waals surface area contributed by atoms with Gasteiger partial charge in [-0.1, -0.05) is 6.92 Å². The van der Waals surface area contributed by atoms with Crippen LogP contribution in [0.2, 0.25) is 0 Å². The van der Waals surface area contributed by atoms with Crippen molar-refractivity contribution in [1.82, 2.24) is 4.90 Å². The fourth-order valence-corrected chi connectivity index (χ4v) is 2.53. The summed E-state index contributed by atoms with van der Waals surface area (Å²) >= 11 is 0. The highest BCUT2D eigenvalue weighted by atomic mass is 16.5. The van der Waals surface area contributed by atoms with Crippen molar-refractivity contribution < 1.29 is 9.84 Å². The Kier molecular flexibility index (Phi) is 3.10. The largest absolute Gasteiger partial charge is 0.396 e. The second kappa shape index (κ2) is 4.17. The second-order valence-electron chi connectivity index (χ2n) is 5.13. The third-order valence-electron chi connectivity index (χ3n) is 3.45. The van der Waals surface area contributed by atoms with Gasteiger partial charge in [-0.25, -0.2) is 0 Å². The van der Waals surface area contributed by atoms with Crippen molar-refractivity contribution in [2.75, 3.05) is 39.5 Å². The molecule has 0 aromatic rings. The van der Waals surface area contributed by atoms with Gasteiger partial charge in [0.05, 0.1) is 25.2 Å². The summed E-state index contributed by atoms with van der Waals surface area (Å²) in [5.41, 5.74) is 0.0665. The number of hydrogen-bond acceptors (Lipinski definition) is 3. The summed E-state index contributed by atoms with van der Waals surface area (Å²) in [6.07, 6.45) is 2.67. The minimum atomic E-state index is 0.0665. The molecule has 0 saturated carbocycles. The van der Waals surface area contributed by atoms with E-state index in [1.165, 1.54) is 25.9 Å². The van der Waals surface area contributed by atoms with Gasteiger partial charge < -0.3 is 14.7 Å². The van der Waals surface area contributed by atoms with E-state index in [1.807, 2.05) is 0 Å². The molecule has 82 valence electrons. The molecule has 3 heteroatoms. The summed E-state index contributed by atoms with van der Waals surface area (Å²) in [4.78, 5) is 2.49. The van der Waals surface area contributed by atoms with E-state index in [4.69, 9.17) is 4.74 Å². The van der Waals surface area contributed by atoms with Gasteiger partial charge in [0.15, 0.2) is 0 Å². The van der Waals surface area contributed by atoms with Gasteiger partial charge in [0.1, 0.15) is 0 Å². The maximum absolute atomic E-state index is 9.33. The van der Waals surface area contributed by atoms with Crippen LogP contribution >= 0.6 is 0 Å². The minimum Gasteiger partial charge on any atom is -0.396 e. The second-order valence-corrected chi connectivity index (χ2v) is 5.13. The first-order valence-electron chi connectivity index (χ1n) is 5.65. The van der Waals surface area contributed by atoms with Gasteiger partial charge in [-0.2, -0.15) is 0 Å². The fourth-order valence-electron chi connectivity index (χ4n) is 2.53. The summed E-state index contributed by atoms with van der Waals surface area (Å²) < 4.78 is 5.21. The molecule has 0 aromatic heterocycles. The molecule has 0 bridgehead atoms. The number of aliphatic hydroxyl groups excluding tert-OH is 1. The third-order valence-corrected chi connectivity index (χ3v) is 3.45. The Bertz CT molecular complexity index is 186. The van der Waals surface area contributed by atoms with Crippen molar-refractivity contribution in [1.29, 1.82) is 0 Å². The molecule has 2 aliphatic heterocycles. The van der Waals surface area contributed by atoms with Gasteiger partial charge in [-0.15, -0.1) is 0 Å². The smallest absolute Gasteiger partial charge is 0.0579 e. The van der Waals surface area contributed by atoms with E-state index in [9.17, 15) is 5.11 Å². The zero-order valence-electron chi connectivity index (χ0n) is 9.04. The Hall–Kier alpha value is -0.120. The summed E-state index contributed by atoms with van der Waals surface area (Å²) in [6.45, 7) is 7.50. The highest BCUT2D eigenvalue weighted by Crippen LogP contribution is 2.29. The Morgan fingerprint density at radius 1 is 1.50 bits per heavy atom. The first-order chi connectivity index (χ1) is 6.74. The van der Waals surface area contributed by atoms with Crippen molar-refractivity contribution in [2.24, 2.45) is 11.3 Å². The Morgan fingerprint density at radius 3 is 2.79 bits per heavy atom. The van der Waals surface area contributed by atoms with Crippen LogP contribution in [-0.4, -0.2) is 49.5 Å². The summed E-state index contributed by atoms with van der Waals surface area (Å²) in [6, 6.07) is 0. The van der Waals surface area contributed by atoms with Gasteiger partial charge in [0.2, 0.25) is 0 Å². The van der Waals surface area contributed by atoms with Crippen molar-refractivity contribution in [3.8, 4) is 0 Å². The Morgan fingerprint density at radius 2 is 2.29 bits per heavy atom. The number of likely N-dealkylation sites (tertiary alicyclic amines) is 1. The number of ether oxygens (including phenoxy) is 1. The van der Waals surface area contributed by atoms with Crippen LogP contribution in [0.1, 0.15) is 19.8 Å². The number of hydrogen-bond donors (Lipinski definition) is 1. The molecule has 1 atom stereocenters. The SMILES string of the molecule is CC1CCCN(CC2(CO)COC2)C1. The van der Waals surface area contributed by atoms with Crippen molar-refractivity contribution in [2.45, 2.75) is 19.8 Å². The van der Waals surface area contributed by atoms with Crippen LogP contribution in [0.25, 0.3) is 0 Å². The van der Waals surface area contributed by atoms with Crippen LogP contribution in [0.3, 0.4) is 0 Å². The van der Waals surface area contributed by atoms with Crippen LogP contribution < -0.4 is 0 Å². The van der Waals surface area contributed by atoms with Gasteiger partial charge in [0, 0.05) is 13.1 Å². The molecule has 2 aliphatic rings. The number of nitrogens with zero attached hydrogens (tertiary/aromatic N) is 1. The monoisotopic (exact) mass is 199 g/mol. The lowest BCUT2D eigenvalue weighted by atomic mass is 9.85. The number of rotatable bonds is 3. The predicted octanol–water partition coefficient (Wildman–Crippen LogP) is 0.727. The maximum Gasteiger partial charge on any atom is 0.0579 e. The zero-order valence-corrected chi connectivity index (χ0v) is 9.04.